The molecule has 0 aliphatic heterocycles. The van der Waals surface area contributed by atoms with Gasteiger partial charge in [0.05, 0.1) is 11.0 Å². The van der Waals surface area contributed by atoms with Crippen LogP contribution in [0.4, 0.5) is 34.1 Å². The van der Waals surface area contributed by atoms with Crippen LogP contribution in [0.25, 0.3) is 27.5 Å². The van der Waals surface area contributed by atoms with E-state index in [-0.39, 0.29) is 0 Å². The van der Waals surface area contributed by atoms with E-state index in [4.69, 9.17) is 18.9 Å². The van der Waals surface area contributed by atoms with Crippen molar-refractivity contribution in [1.82, 2.24) is 4.57 Å². The first-order valence-corrected chi connectivity index (χ1v) is 24.2. The number of benzene rings is 11. The number of para-hydroxylation sites is 5. The van der Waals surface area contributed by atoms with Crippen molar-refractivity contribution < 1.29 is 18.9 Å². The zero-order valence-corrected chi connectivity index (χ0v) is 39.6. The third kappa shape index (κ3) is 9.67. The Morgan fingerprint density at radius 2 is 0.479 bits per heavy atom. The molecule has 11 aromatic carbocycles. The van der Waals surface area contributed by atoms with E-state index in [1.54, 1.807) is 0 Å². The maximum atomic E-state index is 6.43. The first-order chi connectivity index (χ1) is 36.1. The number of aromatic nitrogens is 1. The number of fused-ring (bicyclic) bond motifs is 3. The number of rotatable bonds is 15. The van der Waals surface area contributed by atoms with E-state index in [1.807, 2.05) is 170 Å². The Bertz CT molecular complexity index is 3410. The topological polar surface area (TPSA) is 48.3 Å². The molecule has 73 heavy (non-hydrogen) atoms. The molecule has 0 aliphatic carbocycles. The van der Waals surface area contributed by atoms with Crippen LogP contribution < -0.4 is 28.7 Å². The summed E-state index contributed by atoms with van der Waals surface area (Å²) in [6.45, 7) is 0. The van der Waals surface area contributed by atoms with E-state index in [0.717, 1.165) is 84.6 Å². The van der Waals surface area contributed by atoms with Gasteiger partial charge in [0, 0.05) is 74.8 Å². The van der Waals surface area contributed by atoms with Crippen molar-refractivity contribution in [2.75, 3.05) is 9.80 Å². The van der Waals surface area contributed by atoms with Crippen molar-refractivity contribution in [3.05, 3.63) is 285 Å². The van der Waals surface area contributed by atoms with Gasteiger partial charge in [0.15, 0.2) is 0 Å². The van der Waals surface area contributed by atoms with Crippen LogP contribution >= 0.6 is 0 Å². The van der Waals surface area contributed by atoms with Crippen LogP contribution in [0.15, 0.2) is 285 Å². The number of hydrogen-bond acceptors (Lipinski definition) is 6. The fraction of sp³-hybridized carbons (Fsp3) is 0. The summed E-state index contributed by atoms with van der Waals surface area (Å²) in [6.07, 6.45) is 0. The Morgan fingerprint density at radius 1 is 0.219 bits per heavy atom. The summed E-state index contributed by atoms with van der Waals surface area (Å²) < 4.78 is 28.1. The van der Waals surface area contributed by atoms with Crippen molar-refractivity contribution in [2.45, 2.75) is 0 Å². The highest BCUT2D eigenvalue weighted by atomic mass is 16.5. The van der Waals surface area contributed by atoms with E-state index in [0.29, 0.717) is 23.0 Å². The molecule has 350 valence electrons. The molecule has 12 rings (SSSR count). The molecule has 7 heteroatoms. The summed E-state index contributed by atoms with van der Waals surface area (Å²) in [5, 5.41) is 2.14. The van der Waals surface area contributed by atoms with E-state index < -0.39 is 0 Å². The molecular formula is C66H47N3O4. The minimum absolute atomic E-state index is 0.716. The van der Waals surface area contributed by atoms with Gasteiger partial charge in [-0.05, 0) is 146 Å². The fourth-order valence-corrected chi connectivity index (χ4v) is 9.27. The first kappa shape index (κ1) is 44.2. The van der Waals surface area contributed by atoms with Gasteiger partial charge in [-0.15, -0.1) is 0 Å². The minimum atomic E-state index is 0.716. The SMILES string of the molecule is c1ccc(Oc2cccc(N(c3cccc(Oc4ccccc4)c3)c3ccc4c(c3)c3cc(N(c5cccc(Oc6ccccc6)c5)c5cccc(Oc6ccccc6)c5)ccc3n4-c3ccccc3)c2)cc1. The first-order valence-electron chi connectivity index (χ1n) is 24.2. The quantitative estimate of drug-likeness (QED) is 0.102. The predicted molar refractivity (Wildman–Crippen MR) is 296 cm³/mol. The molecule has 0 aliphatic rings. The number of nitrogens with zero attached hydrogens (tertiary/aromatic N) is 3. The van der Waals surface area contributed by atoms with Crippen LogP contribution in [0.5, 0.6) is 46.0 Å². The predicted octanol–water partition coefficient (Wildman–Crippen LogP) is 18.9. The summed E-state index contributed by atoms with van der Waals surface area (Å²) in [7, 11) is 0. The van der Waals surface area contributed by atoms with Crippen molar-refractivity contribution >= 4 is 55.9 Å². The lowest BCUT2D eigenvalue weighted by atomic mass is 10.1. The Kier molecular flexibility index (Phi) is 12.2. The van der Waals surface area contributed by atoms with E-state index >= 15 is 0 Å². The smallest absolute Gasteiger partial charge is 0.129 e. The van der Waals surface area contributed by atoms with Gasteiger partial charge in [-0.1, -0.05) is 115 Å². The Hall–Kier alpha value is -9.98. The lowest BCUT2D eigenvalue weighted by Gasteiger charge is -2.27. The molecule has 0 amide bonds. The van der Waals surface area contributed by atoms with Crippen molar-refractivity contribution in [1.29, 1.82) is 0 Å². The van der Waals surface area contributed by atoms with E-state index in [1.165, 1.54) is 0 Å². The zero-order valence-electron chi connectivity index (χ0n) is 39.6. The molecule has 0 atom stereocenters. The molecule has 7 nitrogen and oxygen atoms in total. The van der Waals surface area contributed by atoms with Gasteiger partial charge in [0.2, 0.25) is 0 Å². The molecule has 0 N–H and O–H groups in total. The third-order valence-electron chi connectivity index (χ3n) is 12.5. The Balaban J connectivity index is 1.04. The Labute approximate surface area is 424 Å². The number of ether oxygens (including phenoxy) is 4. The summed E-state index contributed by atoms with van der Waals surface area (Å²) in [6, 6.07) is 96.3. The second-order valence-corrected chi connectivity index (χ2v) is 17.4. The van der Waals surface area contributed by atoms with Crippen molar-refractivity contribution in [3.63, 3.8) is 0 Å². The molecule has 12 aromatic rings. The molecule has 0 bridgehead atoms. The number of hydrogen-bond donors (Lipinski definition) is 0. The monoisotopic (exact) mass is 945 g/mol. The second kappa shape index (κ2) is 20.2. The van der Waals surface area contributed by atoms with Crippen LogP contribution in [0.2, 0.25) is 0 Å². The normalized spacial score (nSPS) is 11.0. The molecule has 1 aromatic heterocycles. The van der Waals surface area contributed by atoms with Crippen LogP contribution in [-0.2, 0) is 0 Å². The Morgan fingerprint density at radius 3 is 0.781 bits per heavy atom. The standard InChI is InChI=1S/C66H47N3O4/c1-6-20-48(21-7-1)69-65-40-38-53(67(49-22-16-34-59(42-49)70-55-26-8-2-9-27-55)50-23-17-35-60(43-50)71-56-28-10-3-11-29-56)46-63(65)64-47-54(39-41-66(64)69)68(51-24-18-36-61(44-51)72-57-30-12-4-13-31-57)52-25-19-37-62(45-52)73-58-32-14-5-15-33-58/h1-47H. The molecule has 0 fully saturated rings. The average Bonchev–Trinajstić information content (AvgIpc) is 3.76. The van der Waals surface area contributed by atoms with Gasteiger partial charge in [0.25, 0.3) is 0 Å². The van der Waals surface area contributed by atoms with Crippen molar-refractivity contribution in [3.8, 4) is 51.7 Å². The summed E-state index contributed by atoms with van der Waals surface area (Å²) in [4.78, 5) is 4.51. The van der Waals surface area contributed by atoms with Gasteiger partial charge in [0.1, 0.15) is 46.0 Å². The highest BCUT2D eigenvalue weighted by Gasteiger charge is 2.22. The van der Waals surface area contributed by atoms with Gasteiger partial charge in [-0.25, -0.2) is 0 Å². The lowest BCUT2D eigenvalue weighted by molar-refractivity contribution is 0.482. The maximum absolute atomic E-state index is 6.43. The van der Waals surface area contributed by atoms with E-state index in [9.17, 15) is 0 Å². The van der Waals surface area contributed by atoms with Gasteiger partial charge in [-0.3, -0.25) is 0 Å². The average molecular weight is 946 g/mol. The minimum Gasteiger partial charge on any atom is -0.457 e. The highest BCUT2D eigenvalue weighted by molar-refractivity contribution is 6.12. The van der Waals surface area contributed by atoms with Gasteiger partial charge >= 0.3 is 0 Å². The molecule has 1 heterocycles. The highest BCUT2D eigenvalue weighted by Crippen LogP contribution is 2.45. The third-order valence-corrected chi connectivity index (χ3v) is 12.5. The fourth-order valence-electron chi connectivity index (χ4n) is 9.27. The van der Waals surface area contributed by atoms with E-state index in [2.05, 4.69) is 130 Å². The van der Waals surface area contributed by atoms with Crippen LogP contribution in [-0.4, -0.2) is 4.57 Å². The molecular weight excluding hydrogens is 899 g/mol. The largest absolute Gasteiger partial charge is 0.457 e. The summed E-state index contributed by atoms with van der Waals surface area (Å²) in [5.41, 5.74) is 8.75. The summed E-state index contributed by atoms with van der Waals surface area (Å²) >= 11 is 0. The molecule has 0 saturated heterocycles. The number of anilines is 6. The van der Waals surface area contributed by atoms with Crippen LogP contribution in [0, 0.1) is 0 Å². The lowest BCUT2D eigenvalue weighted by Crippen LogP contribution is -2.10. The maximum Gasteiger partial charge on any atom is 0.129 e. The molecule has 0 spiro atoms. The molecule has 0 saturated carbocycles. The van der Waals surface area contributed by atoms with Crippen molar-refractivity contribution in [2.24, 2.45) is 0 Å². The van der Waals surface area contributed by atoms with Crippen LogP contribution in [0.1, 0.15) is 0 Å². The van der Waals surface area contributed by atoms with Crippen LogP contribution in [0.3, 0.4) is 0 Å². The zero-order chi connectivity index (χ0) is 48.8. The molecule has 0 radical (unpaired) electrons. The van der Waals surface area contributed by atoms with Gasteiger partial charge < -0.3 is 33.3 Å². The molecule has 0 unspecified atom stereocenters. The van der Waals surface area contributed by atoms with Gasteiger partial charge in [-0.2, -0.15) is 0 Å². The second-order valence-electron chi connectivity index (χ2n) is 17.4. The summed E-state index contributed by atoms with van der Waals surface area (Å²) in [5.74, 6) is 5.90.